The zero-order chi connectivity index (χ0) is 15.1. The van der Waals surface area contributed by atoms with Crippen molar-refractivity contribution in [2.24, 2.45) is 53.3 Å². The van der Waals surface area contributed by atoms with Crippen molar-refractivity contribution in [2.75, 3.05) is 0 Å². The van der Waals surface area contributed by atoms with E-state index in [1.54, 1.807) is 0 Å². The summed E-state index contributed by atoms with van der Waals surface area (Å²) >= 11 is 0. The predicted octanol–water partition coefficient (Wildman–Crippen LogP) is 4.14. The van der Waals surface area contributed by atoms with E-state index in [2.05, 4.69) is 13.8 Å². The second-order valence-corrected chi connectivity index (χ2v) is 9.47. The molecule has 0 saturated heterocycles. The fourth-order valence-electron chi connectivity index (χ4n) is 6.88. The van der Waals surface area contributed by atoms with Crippen LogP contribution in [0.5, 0.6) is 0 Å². The summed E-state index contributed by atoms with van der Waals surface area (Å²) in [5.41, 5.74) is -0.338. The Labute approximate surface area is 129 Å². The van der Waals surface area contributed by atoms with Gasteiger partial charge in [-0.25, -0.2) is 0 Å². The summed E-state index contributed by atoms with van der Waals surface area (Å²) in [6.07, 6.45) is 3.88. The molecule has 9 atom stereocenters. The Kier molecular flexibility index (Phi) is 2.86. The van der Waals surface area contributed by atoms with Gasteiger partial charge < -0.3 is 4.74 Å². The summed E-state index contributed by atoms with van der Waals surface area (Å²) in [5, 5.41) is 0. The van der Waals surface area contributed by atoms with Gasteiger partial charge in [-0.2, -0.15) is 0 Å². The topological polar surface area (TPSA) is 26.3 Å². The molecule has 4 bridgehead atoms. The third-order valence-electron chi connectivity index (χ3n) is 7.55. The van der Waals surface area contributed by atoms with E-state index in [9.17, 15) is 4.79 Å². The van der Waals surface area contributed by atoms with Gasteiger partial charge >= 0.3 is 5.97 Å². The fraction of sp³-hybridized carbons (Fsp3) is 0.947. The quantitative estimate of drug-likeness (QED) is 0.536. The van der Waals surface area contributed by atoms with E-state index in [-0.39, 0.29) is 17.5 Å². The Morgan fingerprint density at radius 2 is 1.52 bits per heavy atom. The molecule has 4 aliphatic carbocycles. The number of fused-ring (bicyclic) bond motifs is 9. The standard InChI is InChI=1S/C19H30O2/c1-9-10(2)13-8-12(9)16-11-6-14(17(13)16)15(7-11)18(20)21-19(3,4)5/h9-17H,6-8H2,1-5H3. The second kappa shape index (κ2) is 4.26. The van der Waals surface area contributed by atoms with Crippen LogP contribution in [-0.4, -0.2) is 11.6 Å². The molecule has 4 fully saturated rings. The van der Waals surface area contributed by atoms with Crippen LogP contribution >= 0.6 is 0 Å². The van der Waals surface area contributed by atoms with Gasteiger partial charge in [0, 0.05) is 0 Å². The van der Waals surface area contributed by atoms with Crippen molar-refractivity contribution in [1.29, 1.82) is 0 Å². The van der Waals surface area contributed by atoms with E-state index in [4.69, 9.17) is 4.74 Å². The first kappa shape index (κ1) is 14.1. The van der Waals surface area contributed by atoms with Crippen molar-refractivity contribution in [1.82, 2.24) is 0 Å². The molecule has 0 aromatic rings. The highest BCUT2D eigenvalue weighted by Crippen LogP contribution is 2.71. The number of carbonyl (C=O) groups excluding carboxylic acids is 1. The Morgan fingerprint density at radius 1 is 0.905 bits per heavy atom. The number of hydrogen-bond acceptors (Lipinski definition) is 2. The lowest BCUT2D eigenvalue weighted by atomic mass is 9.62. The molecule has 2 nitrogen and oxygen atoms in total. The third-order valence-corrected chi connectivity index (χ3v) is 7.55. The van der Waals surface area contributed by atoms with Crippen molar-refractivity contribution >= 4 is 5.97 Å². The van der Waals surface area contributed by atoms with Crippen LogP contribution in [0.15, 0.2) is 0 Å². The van der Waals surface area contributed by atoms with Gasteiger partial charge in [-0.05, 0) is 87.4 Å². The van der Waals surface area contributed by atoms with E-state index in [0.717, 1.165) is 47.8 Å². The van der Waals surface area contributed by atoms with Crippen LogP contribution in [0, 0.1) is 53.3 Å². The first-order valence-corrected chi connectivity index (χ1v) is 9.01. The number of carbonyl (C=O) groups is 1. The summed E-state index contributed by atoms with van der Waals surface area (Å²) in [5.74, 6) is 7.20. The van der Waals surface area contributed by atoms with Gasteiger partial charge in [0.25, 0.3) is 0 Å². The normalized spacial score (nSPS) is 54.0. The van der Waals surface area contributed by atoms with Crippen LogP contribution in [0.1, 0.15) is 53.9 Å². The summed E-state index contributed by atoms with van der Waals surface area (Å²) in [6.45, 7) is 10.9. The van der Waals surface area contributed by atoms with Gasteiger partial charge in [-0.3, -0.25) is 4.79 Å². The first-order chi connectivity index (χ1) is 9.78. The van der Waals surface area contributed by atoms with Crippen LogP contribution in [0.3, 0.4) is 0 Å². The summed E-state index contributed by atoms with van der Waals surface area (Å²) in [4.78, 5) is 12.6. The Bertz CT molecular complexity index is 463. The lowest BCUT2D eigenvalue weighted by Gasteiger charge is -2.43. The molecule has 0 amide bonds. The maximum absolute atomic E-state index is 12.6. The molecule has 0 radical (unpaired) electrons. The zero-order valence-corrected chi connectivity index (χ0v) is 14.1. The van der Waals surface area contributed by atoms with Crippen LogP contribution in [0.25, 0.3) is 0 Å². The molecule has 0 aromatic carbocycles. The van der Waals surface area contributed by atoms with E-state index in [1.807, 2.05) is 20.8 Å². The van der Waals surface area contributed by atoms with Crippen LogP contribution in [0.4, 0.5) is 0 Å². The number of hydrogen-bond donors (Lipinski definition) is 0. The minimum atomic E-state index is -0.338. The van der Waals surface area contributed by atoms with Gasteiger partial charge in [0.05, 0.1) is 5.92 Å². The lowest BCUT2D eigenvalue weighted by molar-refractivity contribution is -0.164. The van der Waals surface area contributed by atoms with Crippen molar-refractivity contribution < 1.29 is 9.53 Å². The Balaban J connectivity index is 1.54. The molecule has 21 heavy (non-hydrogen) atoms. The summed E-state index contributed by atoms with van der Waals surface area (Å²) < 4.78 is 5.71. The second-order valence-electron chi connectivity index (χ2n) is 9.47. The van der Waals surface area contributed by atoms with E-state index in [1.165, 1.54) is 12.8 Å². The van der Waals surface area contributed by atoms with Crippen molar-refractivity contribution in [3.63, 3.8) is 0 Å². The van der Waals surface area contributed by atoms with Crippen LogP contribution < -0.4 is 0 Å². The number of ether oxygens (including phenoxy) is 1. The SMILES string of the molecule is CC1C(C)C2CC1C1C3CC(C(=O)OC(C)(C)C)C(C3)C21. The first-order valence-electron chi connectivity index (χ1n) is 9.01. The van der Waals surface area contributed by atoms with Gasteiger partial charge in [-0.15, -0.1) is 0 Å². The molecule has 0 spiro atoms. The molecular formula is C19H30O2. The van der Waals surface area contributed by atoms with Gasteiger partial charge in [-0.1, -0.05) is 13.8 Å². The Hall–Kier alpha value is -0.530. The molecule has 0 aliphatic heterocycles. The minimum absolute atomic E-state index is 0.0944. The molecule has 9 unspecified atom stereocenters. The molecule has 4 aliphatic rings. The monoisotopic (exact) mass is 290 g/mol. The zero-order valence-electron chi connectivity index (χ0n) is 14.1. The van der Waals surface area contributed by atoms with Crippen molar-refractivity contribution in [3.8, 4) is 0 Å². The molecule has 118 valence electrons. The predicted molar refractivity (Wildman–Crippen MR) is 82.5 cm³/mol. The lowest BCUT2D eigenvalue weighted by Crippen LogP contribution is -2.42. The van der Waals surface area contributed by atoms with Gasteiger partial charge in [0.2, 0.25) is 0 Å². The van der Waals surface area contributed by atoms with Gasteiger partial charge in [0.15, 0.2) is 0 Å². The molecule has 0 heterocycles. The number of esters is 1. The molecule has 0 N–H and O–H groups in total. The smallest absolute Gasteiger partial charge is 0.309 e. The minimum Gasteiger partial charge on any atom is -0.460 e. The average Bonchev–Trinajstić information content (AvgIpc) is 3.07. The highest BCUT2D eigenvalue weighted by Gasteiger charge is 2.66. The molecule has 0 aromatic heterocycles. The van der Waals surface area contributed by atoms with Crippen LogP contribution in [0.2, 0.25) is 0 Å². The third kappa shape index (κ3) is 1.86. The van der Waals surface area contributed by atoms with E-state index in [0.29, 0.717) is 5.92 Å². The summed E-state index contributed by atoms with van der Waals surface area (Å²) in [7, 11) is 0. The number of rotatable bonds is 1. The fourth-order valence-corrected chi connectivity index (χ4v) is 6.88. The molecule has 2 heteroatoms. The van der Waals surface area contributed by atoms with Crippen molar-refractivity contribution in [3.05, 3.63) is 0 Å². The maximum Gasteiger partial charge on any atom is 0.309 e. The Morgan fingerprint density at radius 3 is 2.14 bits per heavy atom. The maximum atomic E-state index is 12.6. The average molecular weight is 290 g/mol. The molecular weight excluding hydrogens is 260 g/mol. The largest absolute Gasteiger partial charge is 0.460 e. The van der Waals surface area contributed by atoms with Crippen LogP contribution in [-0.2, 0) is 9.53 Å². The molecule has 4 rings (SSSR count). The highest BCUT2D eigenvalue weighted by molar-refractivity contribution is 5.74. The van der Waals surface area contributed by atoms with Crippen molar-refractivity contribution in [2.45, 2.75) is 59.5 Å². The van der Waals surface area contributed by atoms with E-state index >= 15 is 0 Å². The van der Waals surface area contributed by atoms with Gasteiger partial charge in [0.1, 0.15) is 5.60 Å². The van der Waals surface area contributed by atoms with E-state index < -0.39 is 0 Å². The highest BCUT2D eigenvalue weighted by atomic mass is 16.6. The summed E-state index contributed by atoms with van der Waals surface area (Å²) in [6, 6.07) is 0. The molecule has 4 saturated carbocycles.